The molecule has 0 fully saturated rings. The summed E-state index contributed by atoms with van der Waals surface area (Å²) in [5.41, 5.74) is 10.00. The Morgan fingerprint density at radius 3 is 2.02 bits per heavy atom. The van der Waals surface area contributed by atoms with Crippen molar-refractivity contribution in [1.29, 1.82) is 0 Å². The second-order valence-electron chi connectivity index (χ2n) is 13.7. The number of aliphatic imine (C=N–C) groups is 3. The number of amidine groups is 1. The molecule has 9 rings (SSSR count). The third-order valence-corrected chi connectivity index (χ3v) is 10.0. The molecule has 0 atom stereocenters. The molecule has 282 valence electrons. The van der Waals surface area contributed by atoms with Crippen molar-refractivity contribution in [2.75, 3.05) is 12.0 Å². The number of ether oxygens (including phenoxy) is 1. The molecule has 0 unspecified atom stereocenters. The van der Waals surface area contributed by atoms with Crippen LogP contribution in [0.5, 0.6) is 5.75 Å². The zero-order valence-electron chi connectivity index (χ0n) is 32.3. The second kappa shape index (κ2) is 17.5. The standard InChI is InChI=1S/C44H33N3O2.C8H9N/c1-45-44(32-14-4-3-5-15-32)46-29-30-13-12-17-33(27-30)31-23-25-35(26-24-31)47(38-20-9-11-22-41(38)48-2)39-28-34-16-6-7-18-36(34)42-37-19-8-10-21-40(37)49-43(39)42;1-9-7-8-5-3-2-4-6-8/h3-28H,1,29H2,2H3;2-6H,1,7H2. The number of methoxy groups -OCH3 is 1. The van der Waals surface area contributed by atoms with Gasteiger partial charge in [0.1, 0.15) is 11.3 Å². The van der Waals surface area contributed by atoms with Gasteiger partial charge in [0.25, 0.3) is 0 Å². The molecule has 0 aliphatic carbocycles. The maximum Gasteiger partial charge on any atom is 0.160 e. The summed E-state index contributed by atoms with van der Waals surface area (Å²) in [4.78, 5) is 14.9. The van der Waals surface area contributed by atoms with Crippen molar-refractivity contribution in [3.8, 4) is 16.9 Å². The van der Waals surface area contributed by atoms with Gasteiger partial charge in [-0.25, -0.2) is 4.99 Å². The predicted molar refractivity (Wildman–Crippen MR) is 244 cm³/mol. The Kier molecular flexibility index (Phi) is 11.3. The van der Waals surface area contributed by atoms with Crippen LogP contribution in [-0.4, -0.2) is 26.4 Å². The molecule has 0 bridgehead atoms. The summed E-state index contributed by atoms with van der Waals surface area (Å²) < 4.78 is 12.6. The van der Waals surface area contributed by atoms with E-state index in [1.54, 1.807) is 7.11 Å². The monoisotopic (exact) mass is 754 g/mol. The van der Waals surface area contributed by atoms with Crippen molar-refractivity contribution in [2.45, 2.75) is 13.1 Å². The number of para-hydroxylation sites is 3. The molecule has 0 N–H and O–H groups in total. The summed E-state index contributed by atoms with van der Waals surface area (Å²) in [5, 5.41) is 4.48. The molecule has 0 aliphatic heterocycles. The summed E-state index contributed by atoms with van der Waals surface area (Å²) in [6, 6.07) is 64.2. The zero-order valence-corrected chi connectivity index (χ0v) is 32.3. The summed E-state index contributed by atoms with van der Waals surface area (Å²) in [5.74, 6) is 1.40. The minimum absolute atomic E-state index is 0.506. The van der Waals surface area contributed by atoms with Crippen LogP contribution < -0.4 is 9.64 Å². The van der Waals surface area contributed by atoms with Crippen LogP contribution in [0.1, 0.15) is 16.7 Å². The average molecular weight is 755 g/mol. The maximum absolute atomic E-state index is 6.67. The Morgan fingerprint density at radius 1 is 0.586 bits per heavy atom. The van der Waals surface area contributed by atoms with Crippen LogP contribution >= 0.6 is 0 Å². The minimum Gasteiger partial charge on any atom is -0.495 e. The van der Waals surface area contributed by atoms with Gasteiger partial charge in [-0.1, -0.05) is 146 Å². The van der Waals surface area contributed by atoms with Crippen LogP contribution in [-0.2, 0) is 13.1 Å². The molecule has 6 heteroatoms. The molecular weight excluding hydrogens is 713 g/mol. The lowest BCUT2D eigenvalue weighted by molar-refractivity contribution is 0.416. The Hall–Kier alpha value is -7.57. The van der Waals surface area contributed by atoms with Crippen LogP contribution in [0, 0.1) is 0 Å². The Balaban J connectivity index is 0.000000463. The molecule has 58 heavy (non-hydrogen) atoms. The smallest absolute Gasteiger partial charge is 0.160 e. The fourth-order valence-corrected chi connectivity index (χ4v) is 7.30. The fraction of sp³-hybridized carbons (Fsp3) is 0.0577. The van der Waals surface area contributed by atoms with Crippen LogP contribution in [0.15, 0.2) is 207 Å². The van der Waals surface area contributed by atoms with Crippen LogP contribution in [0.25, 0.3) is 43.8 Å². The first-order valence-electron chi connectivity index (χ1n) is 19.1. The molecule has 1 aromatic heterocycles. The molecule has 1 heterocycles. The third kappa shape index (κ3) is 7.90. The molecule has 0 saturated carbocycles. The largest absolute Gasteiger partial charge is 0.495 e. The van der Waals surface area contributed by atoms with E-state index >= 15 is 0 Å². The first kappa shape index (κ1) is 37.4. The lowest BCUT2D eigenvalue weighted by Gasteiger charge is -2.27. The average Bonchev–Trinajstić information content (AvgIpc) is 3.69. The van der Waals surface area contributed by atoms with Crippen LogP contribution in [0.4, 0.5) is 17.1 Å². The highest BCUT2D eigenvalue weighted by Crippen LogP contribution is 2.47. The number of fused-ring (bicyclic) bond motifs is 5. The molecule has 0 aliphatic rings. The van der Waals surface area contributed by atoms with Gasteiger partial charge in [-0.2, -0.15) is 0 Å². The van der Waals surface area contributed by atoms with Gasteiger partial charge in [-0.3, -0.25) is 9.98 Å². The van der Waals surface area contributed by atoms with Gasteiger partial charge in [0, 0.05) is 22.0 Å². The van der Waals surface area contributed by atoms with E-state index in [9.17, 15) is 0 Å². The number of hydrogen-bond acceptors (Lipinski definition) is 5. The summed E-state index contributed by atoms with van der Waals surface area (Å²) in [6.07, 6.45) is 0. The first-order valence-corrected chi connectivity index (χ1v) is 19.1. The van der Waals surface area contributed by atoms with E-state index in [1.807, 2.05) is 91.0 Å². The van der Waals surface area contributed by atoms with Crippen molar-refractivity contribution in [1.82, 2.24) is 0 Å². The highest BCUT2D eigenvalue weighted by molar-refractivity contribution is 6.23. The third-order valence-electron chi connectivity index (χ3n) is 10.0. The second-order valence-corrected chi connectivity index (χ2v) is 13.7. The number of rotatable bonds is 10. The highest BCUT2D eigenvalue weighted by Gasteiger charge is 2.23. The van der Waals surface area contributed by atoms with Crippen LogP contribution in [0.2, 0.25) is 0 Å². The lowest BCUT2D eigenvalue weighted by Crippen LogP contribution is -2.11. The fourth-order valence-electron chi connectivity index (χ4n) is 7.30. The molecular formula is C52H42N4O2. The van der Waals surface area contributed by atoms with E-state index in [-0.39, 0.29) is 0 Å². The topological polar surface area (TPSA) is 62.7 Å². The number of furan rings is 1. The quantitative estimate of drug-likeness (QED) is 0.103. The zero-order chi connectivity index (χ0) is 39.7. The maximum atomic E-state index is 6.67. The number of benzene rings is 8. The van der Waals surface area contributed by atoms with Crippen molar-refractivity contribution >= 4 is 69.0 Å². The van der Waals surface area contributed by atoms with E-state index in [1.165, 1.54) is 5.56 Å². The molecule has 8 aromatic carbocycles. The molecule has 0 spiro atoms. The minimum atomic E-state index is 0.506. The van der Waals surface area contributed by atoms with Crippen molar-refractivity contribution in [3.05, 3.63) is 205 Å². The number of hydrogen-bond donors (Lipinski definition) is 0. The van der Waals surface area contributed by atoms with E-state index in [2.05, 4.69) is 125 Å². The molecule has 0 radical (unpaired) electrons. The molecule has 6 nitrogen and oxygen atoms in total. The predicted octanol–water partition coefficient (Wildman–Crippen LogP) is 13.4. The molecule has 0 saturated heterocycles. The Labute approximate surface area is 338 Å². The van der Waals surface area contributed by atoms with Crippen molar-refractivity contribution < 1.29 is 9.15 Å². The molecule has 0 amide bonds. The van der Waals surface area contributed by atoms with Crippen molar-refractivity contribution in [2.24, 2.45) is 15.0 Å². The van der Waals surface area contributed by atoms with E-state index in [4.69, 9.17) is 14.1 Å². The summed E-state index contributed by atoms with van der Waals surface area (Å²) in [6.45, 7) is 8.37. The lowest BCUT2D eigenvalue weighted by atomic mass is 10.0. The molecule has 9 aromatic rings. The Bertz CT molecular complexity index is 2860. The van der Waals surface area contributed by atoms with E-state index in [0.717, 1.165) is 84.3 Å². The van der Waals surface area contributed by atoms with E-state index in [0.29, 0.717) is 12.4 Å². The highest BCUT2D eigenvalue weighted by atomic mass is 16.5. The van der Waals surface area contributed by atoms with Gasteiger partial charge in [-0.05, 0) is 88.9 Å². The van der Waals surface area contributed by atoms with Gasteiger partial charge in [-0.15, -0.1) is 0 Å². The number of nitrogens with zero attached hydrogens (tertiary/aromatic N) is 4. The summed E-state index contributed by atoms with van der Waals surface area (Å²) in [7, 11) is 1.71. The van der Waals surface area contributed by atoms with Crippen molar-refractivity contribution in [3.63, 3.8) is 0 Å². The van der Waals surface area contributed by atoms with Gasteiger partial charge in [0.2, 0.25) is 0 Å². The van der Waals surface area contributed by atoms with E-state index < -0.39 is 0 Å². The van der Waals surface area contributed by atoms with Gasteiger partial charge in [0.05, 0.1) is 31.6 Å². The SMILES string of the molecule is C=NC(=NCc1cccc(-c2ccc(N(c3ccccc3OC)c3cc4ccccc4c4c3oc3ccccc34)cc2)c1)c1ccccc1.C=NCc1ccccc1. The number of anilines is 3. The first-order chi connectivity index (χ1) is 28.6. The van der Waals surface area contributed by atoms with Gasteiger partial charge >= 0.3 is 0 Å². The normalized spacial score (nSPS) is 11.2. The van der Waals surface area contributed by atoms with Gasteiger partial charge < -0.3 is 14.1 Å². The Morgan fingerprint density at radius 2 is 1.26 bits per heavy atom. The summed E-state index contributed by atoms with van der Waals surface area (Å²) >= 11 is 0. The van der Waals surface area contributed by atoms with Crippen LogP contribution in [0.3, 0.4) is 0 Å². The van der Waals surface area contributed by atoms with Gasteiger partial charge in [0.15, 0.2) is 11.4 Å².